The monoisotopic (exact) mass is 242 g/mol. The van der Waals surface area contributed by atoms with Crippen LogP contribution in [0.2, 0.25) is 0 Å². The molecule has 0 spiro atoms. The van der Waals surface area contributed by atoms with Crippen LogP contribution in [0.25, 0.3) is 10.8 Å². The smallest absolute Gasteiger partial charge is 0.00741 e. The average Bonchev–Trinajstić information content (AvgIpc) is 2.43. The van der Waals surface area contributed by atoms with Crippen molar-refractivity contribution in [2.24, 2.45) is 11.5 Å². The molecular weight excluding hydrogens is 220 g/mol. The molecule has 2 aromatic rings. The fourth-order valence-electron chi connectivity index (χ4n) is 2.44. The molecule has 0 bridgehead atoms. The Bertz CT molecular complexity index is 459. The highest BCUT2D eigenvalue weighted by Crippen LogP contribution is 2.24. The van der Waals surface area contributed by atoms with E-state index in [-0.39, 0.29) is 0 Å². The van der Waals surface area contributed by atoms with Gasteiger partial charge in [-0.2, -0.15) is 0 Å². The Labute approximate surface area is 109 Å². The minimum Gasteiger partial charge on any atom is -0.330 e. The van der Waals surface area contributed by atoms with E-state index in [9.17, 15) is 0 Å². The highest BCUT2D eigenvalue weighted by molar-refractivity contribution is 5.88. The van der Waals surface area contributed by atoms with Crippen molar-refractivity contribution in [3.63, 3.8) is 0 Å². The molecule has 2 aromatic carbocycles. The molecular formula is C16H22N2. The maximum Gasteiger partial charge on any atom is -0.00741 e. The molecule has 0 aliphatic rings. The van der Waals surface area contributed by atoms with Crippen molar-refractivity contribution >= 4 is 10.8 Å². The van der Waals surface area contributed by atoms with E-state index in [0.717, 1.165) is 38.8 Å². The van der Waals surface area contributed by atoms with Gasteiger partial charge in [0.1, 0.15) is 0 Å². The molecule has 18 heavy (non-hydrogen) atoms. The van der Waals surface area contributed by atoms with Crippen LogP contribution in [0.5, 0.6) is 0 Å². The predicted octanol–water partition coefficient (Wildman–Crippen LogP) is 2.62. The van der Waals surface area contributed by atoms with Crippen LogP contribution in [0.4, 0.5) is 0 Å². The first-order chi connectivity index (χ1) is 8.86. The number of rotatable bonds is 6. The number of hydrogen-bond acceptors (Lipinski definition) is 2. The molecule has 0 saturated heterocycles. The third-order valence-electron chi connectivity index (χ3n) is 3.41. The second-order valence-electron chi connectivity index (χ2n) is 4.71. The Balaban J connectivity index is 2.38. The van der Waals surface area contributed by atoms with Crippen LogP contribution < -0.4 is 11.5 Å². The van der Waals surface area contributed by atoms with E-state index in [1.165, 1.54) is 21.9 Å². The van der Waals surface area contributed by atoms with Gasteiger partial charge in [0, 0.05) is 0 Å². The van der Waals surface area contributed by atoms with Gasteiger partial charge in [-0.05, 0) is 60.7 Å². The molecule has 0 amide bonds. The van der Waals surface area contributed by atoms with Crippen LogP contribution in [0, 0.1) is 0 Å². The fraction of sp³-hybridized carbons (Fsp3) is 0.375. The summed E-state index contributed by atoms with van der Waals surface area (Å²) >= 11 is 0. The van der Waals surface area contributed by atoms with Gasteiger partial charge in [0.25, 0.3) is 0 Å². The number of fused-ring (bicyclic) bond motifs is 1. The Hall–Kier alpha value is -1.38. The zero-order valence-electron chi connectivity index (χ0n) is 10.9. The van der Waals surface area contributed by atoms with Gasteiger partial charge < -0.3 is 11.5 Å². The number of nitrogens with two attached hydrogens (primary N) is 2. The summed E-state index contributed by atoms with van der Waals surface area (Å²) < 4.78 is 0. The molecule has 0 atom stereocenters. The summed E-state index contributed by atoms with van der Waals surface area (Å²) in [5.41, 5.74) is 14.0. The van der Waals surface area contributed by atoms with Crippen molar-refractivity contribution in [3.05, 3.63) is 47.5 Å². The Kier molecular flexibility index (Phi) is 4.73. The average molecular weight is 242 g/mol. The standard InChI is InChI=1S/C16H22N2/c17-11-3-5-13-9-10-14(6-4-12-18)16-8-2-1-7-15(13)16/h1-2,7-10H,3-6,11-12,17-18H2. The van der Waals surface area contributed by atoms with Crippen molar-refractivity contribution in [2.75, 3.05) is 13.1 Å². The first-order valence-electron chi connectivity index (χ1n) is 6.76. The molecule has 0 saturated carbocycles. The lowest BCUT2D eigenvalue weighted by Gasteiger charge is -2.11. The molecule has 0 aromatic heterocycles. The van der Waals surface area contributed by atoms with Crippen LogP contribution in [0.15, 0.2) is 36.4 Å². The minimum atomic E-state index is 0.753. The van der Waals surface area contributed by atoms with Gasteiger partial charge in [0.05, 0.1) is 0 Å². The van der Waals surface area contributed by atoms with Crippen molar-refractivity contribution in [2.45, 2.75) is 25.7 Å². The summed E-state index contributed by atoms with van der Waals surface area (Å²) in [6.45, 7) is 1.51. The van der Waals surface area contributed by atoms with Gasteiger partial charge in [-0.15, -0.1) is 0 Å². The second-order valence-corrected chi connectivity index (χ2v) is 4.71. The molecule has 96 valence electrons. The van der Waals surface area contributed by atoms with E-state index >= 15 is 0 Å². The lowest BCUT2D eigenvalue weighted by Crippen LogP contribution is -2.02. The van der Waals surface area contributed by atoms with Crippen LogP contribution in [0.1, 0.15) is 24.0 Å². The largest absolute Gasteiger partial charge is 0.330 e. The van der Waals surface area contributed by atoms with Gasteiger partial charge in [-0.3, -0.25) is 0 Å². The summed E-state index contributed by atoms with van der Waals surface area (Å²) in [6, 6.07) is 13.2. The number of benzene rings is 2. The first-order valence-corrected chi connectivity index (χ1v) is 6.76. The van der Waals surface area contributed by atoms with Gasteiger partial charge in [-0.1, -0.05) is 36.4 Å². The van der Waals surface area contributed by atoms with Crippen LogP contribution in [-0.2, 0) is 12.8 Å². The summed E-state index contributed by atoms with van der Waals surface area (Å²) in [7, 11) is 0. The topological polar surface area (TPSA) is 52.0 Å². The Morgan fingerprint density at radius 3 is 1.50 bits per heavy atom. The molecule has 2 heteroatoms. The highest BCUT2D eigenvalue weighted by Gasteiger charge is 2.05. The second kappa shape index (κ2) is 6.53. The van der Waals surface area contributed by atoms with Crippen molar-refractivity contribution in [3.8, 4) is 0 Å². The Morgan fingerprint density at radius 1 is 0.667 bits per heavy atom. The first kappa shape index (κ1) is 13.1. The quantitative estimate of drug-likeness (QED) is 0.818. The third kappa shape index (κ3) is 2.89. The molecule has 0 aliphatic carbocycles. The third-order valence-corrected chi connectivity index (χ3v) is 3.41. The minimum absolute atomic E-state index is 0.753. The molecule has 0 radical (unpaired) electrons. The summed E-state index contributed by atoms with van der Waals surface area (Å²) in [5, 5.41) is 2.75. The lowest BCUT2D eigenvalue weighted by atomic mass is 9.95. The van der Waals surface area contributed by atoms with Crippen molar-refractivity contribution < 1.29 is 0 Å². The van der Waals surface area contributed by atoms with Crippen molar-refractivity contribution in [1.82, 2.24) is 0 Å². The van der Waals surface area contributed by atoms with Gasteiger partial charge >= 0.3 is 0 Å². The van der Waals surface area contributed by atoms with E-state index in [4.69, 9.17) is 11.5 Å². The summed E-state index contributed by atoms with van der Waals surface area (Å²) in [6.07, 6.45) is 4.22. The van der Waals surface area contributed by atoms with E-state index in [0.29, 0.717) is 0 Å². The molecule has 0 heterocycles. The molecule has 0 unspecified atom stereocenters. The van der Waals surface area contributed by atoms with E-state index in [2.05, 4.69) is 36.4 Å². The zero-order chi connectivity index (χ0) is 12.8. The summed E-state index contributed by atoms with van der Waals surface area (Å²) in [5.74, 6) is 0. The highest BCUT2D eigenvalue weighted by atomic mass is 14.5. The zero-order valence-corrected chi connectivity index (χ0v) is 10.9. The van der Waals surface area contributed by atoms with Crippen LogP contribution in [0.3, 0.4) is 0 Å². The molecule has 2 rings (SSSR count). The SMILES string of the molecule is NCCCc1ccc(CCCN)c2ccccc12. The van der Waals surface area contributed by atoms with Crippen molar-refractivity contribution in [1.29, 1.82) is 0 Å². The summed E-state index contributed by atoms with van der Waals surface area (Å²) in [4.78, 5) is 0. The molecule has 0 aliphatic heterocycles. The normalized spacial score (nSPS) is 11.0. The molecule has 2 nitrogen and oxygen atoms in total. The van der Waals surface area contributed by atoms with Gasteiger partial charge in [0.2, 0.25) is 0 Å². The van der Waals surface area contributed by atoms with Crippen LogP contribution >= 0.6 is 0 Å². The maximum absolute atomic E-state index is 5.60. The fourth-order valence-corrected chi connectivity index (χ4v) is 2.44. The number of hydrogen-bond donors (Lipinski definition) is 2. The van der Waals surface area contributed by atoms with E-state index in [1.807, 2.05) is 0 Å². The predicted molar refractivity (Wildman–Crippen MR) is 78.7 cm³/mol. The Morgan fingerprint density at radius 2 is 1.11 bits per heavy atom. The number of aryl methyl sites for hydroxylation is 2. The van der Waals surface area contributed by atoms with E-state index < -0.39 is 0 Å². The lowest BCUT2D eigenvalue weighted by molar-refractivity contribution is 0.829. The van der Waals surface area contributed by atoms with Gasteiger partial charge in [0.15, 0.2) is 0 Å². The van der Waals surface area contributed by atoms with E-state index in [1.54, 1.807) is 0 Å². The van der Waals surface area contributed by atoms with Crippen LogP contribution in [-0.4, -0.2) is 13.1 Å². The van der Waals surface area contributed by atoms with Gasteiger partial charge in [-0.25, -0.2) is 0 Å². The molecule has 4 N–H and O–H groups in total. The maximum atomic E-state index is 5.60. The molecule has 0 fully saturated rings.